The lowest BCUT2D eigenvalue weighted by atomic mass is 10.1. The summed E-state index contributed by atoms with van der Waals surface area (Å²) in [5.41, 5.74) is -0.989. The first kappa shape index (κ1) is 20.1. The smallest absolute Gasteiger partial charge is 0.417 e. The molecule has 0 bridgehead atoms. The number of anilines is 1. The highest BCUT2D eigenvalue weighted by atomic mass is 35.5. The van der Waals surface area contributed by atoms with Crippen LogP contribution in [0.5, 0.6) is 5.75 Å². The van der Waals surface area contributed by atoms with Gasteiger partial charge in [-0.25, -0.2) is 8.42 Å². The molecule has 154 valence electrons. The molecule has 2 aromatic rings. The van der Waals surface area contributed by atoms with Crippen LogP contribution in [-0.2, 0) is 9.84 Å². The molecule has 1 atom stereocenters. The summed E-state index contributed by atoms with van der Waals surface area (Å²) in [5, 5.41) is 0.474. The van der Waals surface area contributed by atoms with E-state index in [9.17, 15) is 21.6 Å². The number of halogens is 5. The van der Waals surface area contributed by atoms with Gasteiger partial charge in [0.25, 0.3) is 0 Å². The van der Waals surface area contributed by atoms with Gasteiger partial charge in [0.2, 0.25) is 0 Å². The van der Waals surface area contributed by atoms with Gasteiger partial charge in [0.15, 0.2) is 16.1 Å². The zero-order valence-electron chi connectivity index (χ0n) is 15.7. The van der Waals surface area contributed by atoms with Gasteiger partial charge in [0, 0.05) is 28.2 Å². The van der Waals surface area contributed by atoms with Gasteiger partial charge < -0.3 is 9.64 Å². The van der Waals surface area contributed by atoms with Crippen molar-refractivity contribution in [3.05, 3.63) is 76.4 Å². The summed E-state index contributed by atoms with van der Waals surface area (Å²) in [6.45, 7) is 0. The van der Waals surface area contributed by atoms with Crippen molar-refractivity contribution in [2.24, 2.45) is 0 Å². The van der Waals surface area contributed by atoms with Crippen LogP contribution in [0.15, 0.2) is 71.3 Å². The third-order valence-electron chi connectivity index (χ3n) is 3.87. The van der Waals surface area contributed by atoms with E-state index in [4.69, 9.17) is 29.3 Å². The summed E-state index contributed by atoms with van der Waals surface area (Å²) < 4.78 is 77.6. The van der Waals surface area contributed by atoms with E-state index in [2.05, 4.69) is 0 Å². The quantitative estimate of drug-likeness (QED) is 0.588. The van der Waals surface area contributed by atoms with E-state index in [1.807, 2.05) is 0 Å². The Balaban J connectivity index is 2.10. The summed E-state index contributed by atoms with van der Waals surface area (Å²) in [6.07, 6.45) is -3.65. The van der Waals surface area contributed by atoms with Gasteiger partial charge in [0.05, 0.1) is 11.8 Å². The Bertz CT molecular complexity index is 1130. The van der Waals surface area contributed by atoms with Gasteiger partial charge in [-0.05, 0) is 48.5 Å². The van der Waals surface area contributed by atoms with E-state index >= 15 is 0 Å². The molecule has 0 N–H and O–H groups in total. The normalized spacial score (nSPS) is 18.1. The molecule has 0 saturated heterocycles. The molecule has 1 heterocycles. The first-order valence-corrected chi connectivity index (χ1v) is 10.7. The molecule has 0 aliphatic carbocycles. The van der Waals surface area contributed by atoms with Gasteiger partial charge in [-0.1, -0.05) is 29.3 Å². The zero-order chi connectivity index (χ0) is 22.3. The third kappa shape index (κ3) is 5.26. The van der Waals surface area contributed by atoms with Crippen LogP contribution in [0.2, 0.25) is 10.0 Å². The molecule has 29 heavy (non-hydrogen) atoms. The van der Waals surface area contributed by atoms with E-state index in [-0.39, 0.29) is 26.4 Å². The SMILES string of the molecule is [2H]C1=CC(C(F)(F)F)=CN(c2cccc(S(C)(=O)=O)c2)C1Oc1cc(Cl)cc(Cl)c1. The maximum Gasteiger partial charge on any atom is 0.417 e. The average molecular weight is 465 g/mol. The van der Waals surface area contributed by atoms with Gasteiger partial charge in [0.1, 0.15) is 5.75 Å². The van der Waals surface area contributed by atoms with Crippen LogP contribution in [0.25, 0.3) is 0 Å². The predicted octanol–water partition coefficient (Wildman–Crippen LogP) is 5.62. The van der Waals surface area contributed by atoms with E-state index in [1.54, 1.807) is 0 Å². The molecule has 3 rings (SSSR count). The second-order valence-corrected chi connectivity index (χ2v) is 9.03. The van der Waals surface area contributed by atoms with Crippen molar-refractivity contribution < 1.29 is 27.7 Å². The van der Waals surface area contributed by atoms with Crippen molar-refractivity contribution >= 4 is 38.7 Å². The summed E-state index contributed by atoms with van der Waals surface area (Å²) >= 11 is 11.9. The number of ether oxygens (including phenoxy) is 1. The average Bonchev–Trinajstić information content (AvgIpc) is 2.61. The molecule has 4 nitrogen and oxygen atoms in total. The molecule has 0 saturated carbocycles. The van der Waals surface area contributed by atoms with Crippen molar-refractivity contribution in [2.45, 2.75) is 17.3 Å². The number of sulfone groups is 1. The topological polar surface area (TPSA) is 46.6 Å². The van der Waals surface area contributed by atoms with Gasteiger partial charge in [-0.3, -0.25) is 0 Å². The maximum atomic E-state index is 13.3. The number of hydrogen-bond acceptors (Lipinski definition) is 4. The molecule has 0 aromatic heterocycles. The second-order valence-electron chi connectivity index (χ2n) is 6.15. The van der Waals surface area contributed by atoms with Crippen LogP contribution in [-0.4, -0.2) is 27.1 Å². The van der Waals surface area contributed by atoms with Crippen molar-refractivity contribution in [3.63, 3.8) is 0 Å². The standard InChI is InChI=1S/C19H14Cl2F3NO3S/c1-29(26,27)17-4-2-3-15(10-17)25-11-12(19(22,23)24)5-6-18(25)28-16-8-13(20)7-14(21)9-16/h2-11,18H,1H3/i6D. The van der Waals surface area contributed by atoms with Gasteiger partial charge in [-0.15, -0.1) is 0 Å². The van der Waals surface area contributed by atoms with Gasteiger partial charge in [-0.2, -0.15) is 13.2 Å². The Labute approximate surface area is 177 Å². The van der Waals surface area contributed by atoms with Crippen LogP contribution in [0.3, 0.4) is 0 Å². The molecule has 1 unspecified atom stereocenters. The number of hydrogen-bond donors (Lipinski definition) is 0. The Morgan fingerprint density at radius 3 is 2.38 bits per heavy atom. The first-order valence-electron chi connectivity index (χ1n) is 8.53. The fraction of sp³-hybridized carbons (Fsp3) is 0.158. The van der Waals surface area contributed by atoms with Crippen LogP contribution < -0.4 is 9.64 Å². The minimum atomic E-state index is -4.72. The number of nitrogens with zero attached hydrogens (tertiary/aromatic N) is 1. The molecule has 2 aromatic carbocycles. The third-order valence-corrected chi connectivity index (χ3v) is 5.41. The zero-order valence-corrected chi connectivity index (χ0v) is 17.1. The molecule has 1 aliphatic heterocycles. The second kappa shape index (κ2) is 7.93. The van der Waals surface area contributed by atoms with Gasteiger partial charge >= 0.3 is 6.18 Å². The van der Waals surface area contributed by atoms with Crippen molar-refractivity contribution in [1.29, 1.82) is 0 Å². The van der Waals surface area contributed by atoms with Crippen LogP contribution in [0.4, 0.5) is 18.9 Å². The van der Waals surface area contributed by atoms with Crippen LogP contribution in [0.1, 0.15) is 1.37 Å². The maximum absolute atomic E-state index is 13.3. The minimum absolute atomic E-state index is 0.0902. The molecule has 0 amide bonds. The lowest BCUT2D eigenvalue weighted by Gasteiger charge is -2.32. The fourth-order valence-electron chi connectivity index (χ4n) is 2.55. The molecule has 0 fully saturated rings. The molecular weight excluding hydrogens is 450 g/mol. The van der Waals surface area contributed by atoms with Crippen molar-refractivity contribution in [3.8, 4) is 5.75 Å². The summed E-state index contributed by atoms with van der Waals surface area (Å²) in [6, 6.07) is 9.08. The molecule has 0 spiro atoms. The molecule has 1 aliphatic rings. The Morgan fingerprint density at radius 2 is 1.79 bits per heavy atom. The van der Waals surface area contributed by atoms with E-state index in [0.29, 0.717) is 6.08 Å². The number of allylic oxidation sites excluding steroid dienone is 2. The molecule has 0 radical (unpaired) electrons. The summed E-state index contributed by atoms with van der Waals surface area (Å²) in [5.74, 6) is 0.128. The van der Waals surface area contributed by atoms with Crippen molar-refractivity contribution in [2.75, 3.05) is 11.2 Å². The van der Waals surface area contributed by atoms with E-state index < -0.39 is 33.9 Å². The Morgan fingerprint density at radius 1 is 1.14 bits per heavy atom. The van der Waals surface area contributed by atoms with Crippen molar-refractivity contribution in [1.82, 2.24) is 0 Å². The highest BCUT2D eigenvalue weighted by molar-refractivity contribution is 7.90. The lowest BCUT2D eigenvalue weighted by molar-refractivity contribution is -0.0888. The number of benzene rings is 2. The summed E-state index contributed by atoms with van der Waals surface area (Å²) in [7, 11) is -3.61. The monoisotopic (exact) mass is 464 g/mol. The number of alkyl halides is 3. The largest absolute Gasteiger partial charge is 0.466 e. The highest BCUT2D eigenvalue weighted by Crippen LogP contribution is 2.34. The Kier molecular flexibility index (Phi) is 5.50. The molecular formula is C19H14Cl2F3NO3S. The summed E-state index contributed by atoms with van der Waals surface area (Å²) in [4.78, 5) is 0.946. The van der Waals surface area contributed by atoms with Crippen LogP contribution >= 0.6 is 23.2 Å². The fourth-order valence-corrected chi connectivity index (χ4v) is 3.72. The number of rotatable bonds is 4. The predicted molar refractivity (Wildman–Crippen MR) is 106 cm³/mol. The lowest BCUT2D eigenvalue weighted by Crippen LogP contribution is -2.37. The van der Waals surface area contributed by atoms with E-state index in [0.717, 1.165) is 17.4 Å². The van der Waals surface area contributed by atoms with Crippen LogP contribution in [0, 0.1) is 0 Å². The highest BCUT2D eigenvalue weighted by Gasteiger charge is 2.36. The Hall–Kier alpha value is -2.16. The minimum Gasteiger partial charge on any atom is -0.466 e. The first-order chi connectivity index (χ1) is 13.8. The molecule has 10 heteroatoms. The van der Waals surface area contributed by atoms with E-state index in [1.165, 1.54) is 42.5 Å².